The maximum absolute atomic E-state index is 14.1. The maximum atomic E-state index is 14.1. The molecule has 1 N–H and O–H groups in total. The fraction of sp³-hybridized carbons (Fsp3) is 0.238. The van der Waals surface area contributed by atoms with E-state index in [1.807, 2.05) is 0 Å². The third kappa shape index (κ3) is 5.97. The van der Waals surface area contributed by atoms with Crippen LogP contribution in [0.15, 0.2) is 36.4 Å². The fourth-order valence-electron chi connectivity index (χ4n) is 2.59. The van der Waals surface area contributed by atoms with E-state index in [9.17, 15) is 23.6 Å². The predicted molar refractivity (Wildman–Crippen MR) is 103 cm³/mol. The van der Waals surface area contributed by atoms with E-state index in [0.717, 1.165) is 6.07 Å². The van der Waals surface area contributed by atoms with Crippen LogP contribution in [-0.4, -0.2) is 37.2 Å². The molecule has 152 valence electrons. The Labute approximate surface area is 166 Å². The van der Waals surface area contributed by atoms with Gasteiger partial charge in [0.1, 0.15) is 11.6 Å². The zero-order valence-corrected chi connectivity index (χ0v) is 16.2. The number of hydrogen-bond donors (Lipinski definition) is 1. The highest BCUT2D eigenvalue weighted by Gasteiger charge is 2.17. The van der Waals surface area contributed by atoms with E-state index in [0.29, 0.717) is 16.9 Å². The van der Waals surface area contributed by atoms with Gasteiger partial charge in [0.15, 0.2) is 12.4 Å². The summed E-state index contributed by atoms with van der Waals surface area (Å²) in [4.78, 5) is 46.7. The number of benzene rings is 2. The summed E-state index contributed by atoms with van der Waals surface area (Å²) < 4.78 is 24.2. The van der Waals surface area contributed by atoms with Crippen LogP contribution < -0.4 is 10.1 Å². The van der Waals surface area contributed by atoms with Crippen LogP contribution in [0.1, 0.15) is 40.1 Å². The van der Waals surface area contributed by atoms with Crippen molar-refractivity contribution in [1.82, 2.24) is 0 Å². The van der Waals surface area contributed by atoms with Gasteiger partial charge in [0.25, 0.3) is 0 Å². The third-order valence-electron chi connectivity index (χ3n) is 3.98. The molecule has 2 aromatic rings. The zero-order valence-electron chi connectivity index (χ0n) is 16.2. The number of halogens is 1. The molecule has 0 aliphatic heterocycles. The maximum Gasteiger partial charge on any atom is 0.310 e. The molecular weight excluding hydrogens is 381 g/mol. The van der Waals surface area contributed by atoms with Crippen LogP contribution in [-0.2, 0) is 20.7 Å². The topological polar surface area (TPSA) is 98.8 Å². The Kier molecular flexibility index (Phi) is 7.19. The SMILES string of the molecule is COc1ccc(C(C)=O)cc1CC(=O)OCC(=O)c1ccc(NC(C)=O)cc1F. The average Bonchev–Trinajstić information content (AvgIpc) is 2.65. The van der Waals surface area contributed by atoms with Gasteiger partial charge < -0.3 is 14.8 Å². The molecule has 8 heteroatoms. The minimum atomic E-state index is -0.840. The number of carbonyl (C=O) groups excluding carboxylic acids is 4. The molecule has 0 heterocycles. The molecule has 1 amide bonds. The average molecular weight is 401 g/mol. The van der Waals surface area contributed by atoms with E-state index < -0.39 is 24.2 Å². The van der Waals surface area contributed by atoms with E-state index in [4.69, 9.17) is 9.47 Å². The molecule has 0 aromatic heterocycles. The summed E-state index contributed by atoms with van der Waals surface area (Å²) in [5, 5.41) is 2.40. The molecule has 0 aliphatic rings. The molecule has 0 saturated carbocycles. The summed E-state index contributed by atoms with van der Waals surface area (Å²) in [6.45, 7) is 2.02. The van der Waals surface area contributed by atoms with Crippen LogP contribution in [0.3, 0.4) is 0 Å². The Morgan fingerprint density at radius 3 is 2.34 bits per heavy atom. The van der Waals surface area contributed by atoms with E-state index >= 15 is 0 Å². The van der Waals surface area contributed by atoms with Crippen LogP contribution in [0.4, 0.5) is 10.1 Å². The van der Waals surface area contributed by atoms with Crippen LogP contribution >= 0.6 is 0 Å². The highest BCUT2D eigenvalue weighted by molar-refractivity contribution is 5.99. The number of amides is 1. The monoisotopic (exact) mass is 401 g/mol. The lowest BCUT2D eigenvalue weighted by Gasteiger charge is -2.10. The van der Waals surface area contributed by atoms with Crippen LogP contribution in [0, 0.1) is 5.82 Å². The van der Waals surface area contributed by atoms with Crippen molar-refractivity contribution in [2.24, 2.45) is 0 Å². The Balaban J connectivity index is 2.02. The summed E-state index contributed by atoms with van der Waals surface area (Å²) in [6.07, 6.45) is -0.221. The van der Waals surface area contributed by atoms with Gasteiger partial charge in [-0.25, -0.2) is 4.39 Å². The first-order valence-corrected chi connectivity index (χ1v) is 8.65. The number of esters is 1. The van der Waals surface area contributed by atoms with Gasteiger partial charge in [0.05, 0.1) is 19.1 Å². The van der Waals surface area contributed by atoms with Gasteiger partial charge in [-0.05, 0) is 43.3 Å². The summed E-state index contributed by atoms with van der Waals surface area (Å²) in [5.74, 6) is -2.44. The molecule has 0 atom stereocenters. The minimum absolute atomic E-state index is 0.171. The first kappa shape index (κ1) is 21.7. The Morgan fingerprint density at radius 2 is 1.76 bits per heavy atom. The van der Waals surface area contributed by atoms with Gasteiger partial charge in [0.2, 0.25) is 11.7 Å². The second kappa shape index (κ2) is 9.59. The van der Waals surface area contributed by atoms with E-state index in [-0.39, 0.29) is 29.4 Å². The van der Waals surface area contributed by atoms with Crippen molar-refractivity contribution in [3.63, 3.8) is 0 Å². The molecule has 2 rings (SSSR count). The van der Waals surface area contributed by atoms with Gasteiger partial charge in [-0.15, -0.1) is 0 Å². The summed E-state index contributed by atoms with van der Waals surface area (Å²) >= 11 is 0. The van der Waals surface area contributed by atoms with Crippen molar-refractivity contribution in [2.75, 3.05) is 19.0 Å². The second-order valence-corrected chi connectivity index (χ2v) is 6.22. The summed E-state index contributed by atoms with van der Waals surface area (Å²) in [5.41, 5.74) is 0.790. The number of carbonyl (C=O) groups is 4. The van der Waals surface area contributed by atoms with Gasteiger partial charge in [-0.3, -0.25) is 19.2 Å². The molecule has 7 nitrogen and oxygen atoms in total. The molecule has 0 aliphatic carbocycles. The minimum Gasteiger partial charge on any atom is -0.496 e. The highest BCUT2D eigenvalue weighted by atomic mass is 19.1. The quantitative estimate of drug-likeness (QED) is 0.539. The van der Waals surface area contributed by atoms with Crippen molar-refractivity contribution in [3.8, 4) is 5.75 Å². The first-order chi connectivity index (χ1) is 13.7. The lowest BCUT2D eigenvalue weighted by atomic mass is 10.0. The van der Waals surface area contributed by atoms with E-state index in [2.05, 4.69) is 5.32 Å². The largest absolute Gasteiger partial charge is 0.496 e. The summed E-state index contributed by atoms with van der Waals surface area (Å²) in [6, 6.07) is 8.25. The molecule has 0 unspecified atom stereocenters. The molecule has 29 heavy (non-hydrogen) atoms. The fourth-order valence-corrected chi connectivity index (χ4v) is 2.59. The molecule has 0 saturated heterocycles. The van der Waals surface area contributed by atoms with Gasteiger partial charge >= 0.3 is 5.97 Å². The van der Waals surface area contributed by atoms with Crippen molar-refractivity contribution in [1.29, 1.82) is 0 Å². The molecule has 0 fully saturated rings. The summed E-state index contributed by atoms with van der Waals surface area (Å²) in [7, 11) is 1.43. The smallest absolute Gasteiger partial charge is 0.310 e. The molecule has 0 spiro atoms. The molecule has 2 aromatic carbocycles. The number of hydrogen-bond acceptors (Lipinski definition) is 6. The number of ketones is 2. The van der Waals surface area contributed by atoms with Crippen molar-refractivity contribution < 1.29 is 33.0 Å². The van der Waals surface area contributed by atoms with Gasteiger partial charge in [0, 0.05) is 23.7 Å². The number of rotatable bonds is 8. The van der Waals surface area contributed by atoms with E-state index in [1.54, 1.807) is 12.1 Å². The predicted octanol–water partition coefficient (Wildman–Crippen LogP) is 2.96. The number of ether oxygens (including phenoxy) is 2. The number of methoxy groups -OCH3 is 1. The van der Waals surface area contributed by atoms with Crippen LogP contribution in [0.25, 0.3) is 0 Å². The highest BCUT2D eigenvalue weighted by Crippen LogP contribution is 2.21. The normalized spacial score (nSPS) is 10.2. The number of anilines is 1. The van der Waals surface area contributed by atoms with Gasteiger partial charge in [-0.1, -0.05) is 0 Å². The van der Waals surface area contributed by atoms with Crippen LogP contribution in [0.2, 0.25) is 0 Å². The lowest BCUT2D eigenvalue weighted by molar-refractivity contribution is -0.141. The first-order valence-electron chi connectivity index (χ1n) is 8.65. The Morgan fingerprint density at radius 1 is 1.03 bits per heavy atom. The number of nitrogens with one attached hydrogen (secondary N) is 1. The lowest BCUT2D eigenvalue weighted by Crippen LogP contribution is -2.17. The Bertz CT molecular complexity index is 970. The van der Waals surface area contributed by atoms with E-state index in [1.165, 1.54) is 39.2 Å². The van der Waals surface area contributed by atoms with Crippen LogP contribution in [0.5, 0.6) is 5.75 Å². The van der Waals surface area contributed by atoms with Crippen molar-refractivity contribution >= 4 is 29.1 Å². The Hall–Kier alpha value is -3.55. The zero-order chi connectivity index (χ0) is 21.6. The standard InChI is InChI=1S/C21H20FNO6/c1-12(24)14-4-7-20(28-3)15(8-14)9-21(27)29-11-19(26)17-6-5-16(10-18(17)22)23-13(2)25/h4-8,10H,9,11H2,1-3H3,(H,23,25). The van der Waals surface area contributed by atoms with Crippen molar-refractivity contribution in [2.45, 2.75) is 20.3 Å². The molecular formula is C21H20FNO6. The second-order valence-electron chi connectivity index (χ2n) is 6.22. The molecule has 0 radical (unpaired) electrons. The third-order valence-corrected chi connectivity index (χ3v) is 3.98. The van der Waals surface area contributed by atoms with Gasteiger partial charge in [-0.2, -0.15) is 0 Å². The van der Waals surface area contributed by atoms with Crippen molar-refractivity contribution in [3.05, 3.63) is 58.9 Å². The number of Topliss-reactive ketones (excluding diaryl/α,β-unsaturated/α-hetero) is 2. The molecule has 0 bridgehead atoms.